The standard InChI is InChI=1S/C12H4I6O.C8H12N2O/c13-5-1-7(15)11(8(16)2-5)19-12-9(17)3-6(14)4-10(12)18;11-5-4-10-7-8-2-1-3-9-6-8/h1-4H;1-3,6,10-11H,4-5,7H2. The molecule has 160 valence electrons. The Morgan fingerprint density at radius 3 is 1.73 bits per heavy atom. The van der Waals surface area contributed by atoms with Gasteiger partial charge in [-0.2, -0.15) is 0 Å². The zero-order chi connectivity index (χ0) is 22.1. The Morgan fingerprint density at radius 1 is 0.833 bits per heavy atom. The van der Waals surface area contributed by atoms with Gasteiger partial charge in [-0.1, -0.05) is 6.07 Å². The van der Waals surface area contributed by atoms with Crippen LogP contribution in [0.3, 0.4) is 0 Å². The lowest BCUT2D eigenvalue weighted by atomic mass is 10.3. The number of nitrogens with one attached hydrogen (secondary N) is 1. The highest BCUT2D eigenvalue weighted by molar-refractivity contribution is 14.1. The molecule has 0 aliphatic rings. The summed E-state index contributed by atoms with van der Waals surface area (Å²) < 4.78 is 13.2. The number of aliphatic hydroxyl groups is 1. The van der Waals surface area contributed by atoms with Crippen molar-refractivity contribution in [3.8, 4) is 11.5 Å². The van der Waals surface area contributed by atoms with Crippen molar-refractivity contribution in [1.29, 1.82) is 0 Å². The van der Waals surface area contributed by atoms with E-state index in [2.05, 4.69) is 170 Å². The molecule has 3 aromatic rings. The molecule has 1 aromatic heterocycles. The number of hydrogen-bond acceptors (Lipinski definition) is 4. The normalized spacial score (nSPS) is 10.4. The molecule has 0 fully saturated rings. The van der Waals surface area contributed by atoms with Gasteiger partial charge in [0.1, 0.15) is 0 Å². The zero-order valence-corrected chi connectivity index (χ0v) is 28.3. The highest BCUT2D eigenvalue weighted by atomic mass is 127. The molecular formula is C20H16I6N2O2. The van der Waals surface area contributed by atoms with E-state index < -0.39 is 0 Å². The monoisotopic (exact) mass is 1080 g/mol. The van der Waals surface area contributed by atoms with E-state index in [4.69, 9.17) is 9.84 Å². The molecule has 1 heterocycles. The largest absolute Gasteiger partial charge is 0.453 e. The molecule has 2 N–H and O–H groups in total. The molecule has 0 aliphatic heterocycles. The topological polar surface area (TPSA) is 54.4 Å². The first-order valence-electron chi connectivity index (χ1n) is 8.49. The fourth-order valence-corrected chi connectivity index (χ4v) is 9.78. The minimum Gasteiger partial charge on any atom is -0.453 e. The molecule has 2 aromatic carbocycles. The molecule has 0 amide bonds. The Bertz CT molecular complexity index is 871. The Balaban J connectivity index is 0.000000248. The Kier molecular flexibility index (Phi) is 13.8. The molecular weight excluding hydrogens is 1060 g/mol. The minimum atomic E-state index is 0.181. The smallest absolute Gasteiger partial charge is 0.154 e. The minimum absolute atomic E-state index is 0.181. The third-order valence-electron chi connectivity index (χ3n) is 3.47. The van der Waals surface area contributed by atoms with E-state index in [1.54, 1.807) is 6.20 Å². The maximum atomic E-state index is 8.47. The molecule has 0 saturated carbocycles. The van der Waals surface area contributed by atoms with Crippen molar-refractivity contribution in [2.45, 2.75) is 6.54 Å². The lowest BCUT2D eigenvalue weighted by Gasteiger charge is -2.14. The van der Waals surface area contributed by atoms with Crippen molar-refractivity contribution >= 4 is 136 Å². The summed E-state index contributed by atoms with van der Waals surface area (Å²) in [5, 5.41) is 11.5. The number of halogens is 6. The molecule has 30 heavy (non-hydrogen) atoms. The number of nitrogens with zero attached hydrogens (tertiary/aromatic N) is 1. The van der Waals surface area contributed by atoms with Crippen molar-refractivity contribution in [2.75, 3.05) is 13.2 Å². The first kappa shape index (κ1) is 27.9. The Hall–Kier alpha value is 1.69. The van der Waals surface area contributed by atoms with Crippen LogP contribution in [0.4, 0.5) is 0 Å². The number of aromatic nitrogens is 1. The highest BCUT2D eigenvalue weighted by Crippen LogP contribution is 2.38. The van der Waals surface area contributed by atoms with Crippen LogP contribution in [0.25, 0.3) is 0 Å². The van der Waals surface area contributed by atoms with Gasteiger partial charge in [0.15, 0.2) is 11.5 Å². The van der Waals surface area contributed by atoms with Crippen molar-refractivity contribution in [3.05, 3.63) is 75.8 Å². The van der Waals surface area contributed by atoms with Gasteiger partial charge in [0.05, 0.1) is 20.9 Å². The number of pyridine rings is 1. The molecule has 0 atom stereocenters. The molecule has 0 aliphatic carbocycles. The maximum Gasteiger partial charge on any atom is 0.154 e. The number of benzene rings is 2. The van der Waals surface area contributed by atoms with Crippen molar-refractivity contribution < 1.29 is 9.84 Å². The number of ether oxygens (including phenoxy) is 1. The summed E-state index contributed by atoms with van der Waals surface area (Å²) in [5.74, 6) is 1.89. The van der Waals surface area contributed by atoms with E-state index >= 15 is 0 Å². The van der Waals surface area contributed by atoms with Gasteiger partial charge in [0.2, 0.25) is 0 Å². The van der Waals surface area contributed by atoms with Crippen molar-refractivity contribution in [3.63, 3.8) is 0 Å². The summed E-state index contributed by atoms with van der Waals surface area (Å²) in [4.78, 5) is 3.96. The molecule has 3 rings (SSSR count). The highest BCUT2D eigenvalue weighted by Gasteiger charge is 2.14. The summed E-state index contributed by atoms with van der Waals surface area (Å²) in [6.45, 7) is 1.59. The Morgan fingerprint density at radius 2 is 1.33 bits per heavy atom. The summed E-state index contributed by atoms with van der Waals surface area (Å²) in [5.41, 5.74) is 1.14. The zero-order valence-electron chi connectivity index (χ0n) is 15.3. The first-order chi connectivity index (χ1) is 14.3. The van der Waals surface area contributed by atoms with Crippen molar-refractivity contribution in [2.24, 2.45) is 0 Å². The van der Waals surface area contributed by atoms with Gasteiger partial charge in [-0.15, -0.1) is 0 Å². The van der Waals surface area contributed by atoms with Crippen LogP contribution in [-0.4, -0.2) is 23.2 Å². The molecule has 0 radical (unpaired) electrons. The molecule has 4 nitrogen and oxygen atoms in total. The lowest BCUT2D eigenvalue weighted by Crippen LogP contribution is -2.17. The van der Waals surface area contributed by atoms with Gasteiger partial charge in [-0.25, -0.2) is 0 Å². The SMILES string of the molecule is Ic1cc(I)c(Oc2c(I)cc(I)cc2I)c(I)c1.OCCNCc1cccnc1. The first-order valence-corrected chi connectivity index (χ1v) is 15.0. The summed E-state index contributed by atoms with van der Waals surface area (Å²) >= 11 is 14.0. The van der Waals surface area contributed by atoms with Crippen LogP contribution in [-0.2, 0) is 6.54 Å². The van der Waals surface area contributed by atoms with Gasteiger partial charge in [0, 0.05) is 32.6 Å². The molecule has 0 saturated heterocycles. The summed E-state index contributed by atoms with van der Waals surface area (Å²) in [6, 6.07) is 12.4. The lowest BCUT2D eigenvalue weighted by molar-refractivity contribution is 0.292. The van der Waals surface area contributed by atoms with Gasteiger partial charge in [-0.05, 0) is 171 Å². The van der Waals surface area contributed by atoms with Gasteiger partial charge in [0.25, 0.3) is 0 Å². The van der Waals surface area contributed by atoms with Crippen molar-refractivity contribution in [1.82, 2.24) is 10.3 Å². The second kappa shape index (κ2) is 14.8. The van der Waals surface area contributed by atoms with Crippen LogP contribution >= 0.6 is 136 Å². The van der Waals surface area contributed by atoms with Crippen LogP contribution in [0.5, 0.6) is 11.5 Å². The fraction of sp³-hybridized carbons (Fsp3) is 0.150. The van der Waals surface area contributed by atoms with E-state index in [1.165, 1.54) is 7.14 Å². The maximum absolute atomic E-state index is 8.47. The van der Waals surface area contributed by atoms with Crippen LogP contribution in [0.15, 0.2) is 48.8 Å². The van der Waals surface area contributed by atoms with Crippen LogP contribution in [0.2, 0.25) is 0 Å². The van der Waals surface area contributed by atoms with Crippen LogP contribution in [0.1, 0.15) is 5.56 Å². The second-order valence-corrected chi connectivity index (χ2v) is 12.9. The number of rotatable bonds is 6. The van der Waals surface area contributed by atoms with Gasteiger partial charge >= 0.3 is 0 Å². The van der Waals surface area contributed by atoms with Gasteiger partial charge < -0.3 is 15.2 Å². The van der Waals surface area contributed by atoms with Gasteiger partial charge in [-0.3, -0.25) is 4.98 Å². The van der Waals surface area contributed by atoms with Crippen LogP contribution < -0.4 is 10.1 Å². The summed E-state index contributed by atoms with van der Waals surface area (Å²) in [7, 11) is 0. The number of hydrogen-bond donors (Lipinski definition) is 2. The molecule has 10 heteroatoms. The predicted molar refractivity (Wildman–Crippen MR) is 172 cm³/mol. The fourth-order valence-electron chi connectivity index (χ4n) is 2.17. The summed E-state index contributed by atoms with van der Waals surface area (Å²) in [6.07, 6.45) is 3.56. The average Bonchev–Trinajstić information content (AvgIpc) is 2.68. The predicted octanol–water partition coefficient (Wildman–Crippen LogP) is 7.27. The quantitative estimate of drug-likeness (QED) is 0.202. The second-order valence-electron chi connectivity index (χ2n) is 5.76. The Labute approximate surface area is 258 Å². The van der Waals surface area contributed by atoms with E-state index in [9.17, 15) is 0 Å². The van der Waals surface area contributed by atoms with E-state index in [0.717, 1.165) is 37.9 Å². The average molecular weight is 1080 g/mol. The van der Waals surface area contributed by atoms with E-state index in [1.807, 2.05) is 18.3 Å². The van der Waals surface area contributed by atoms with Crippen LogP contribution in [0, 0.1) is 21.4 Å². The molecule has 0 bridgehead atoms. The van der Waals surface area contributed by atoms with E-state index in [0.29, 0.717) is 6.54 Å². The number of aliphatic hydroxyl groups excluding tert-OH is 1. The molecule has 0 unspecified atom stereocenters. The van der Waals surface area contributed by atoms with E-state index in [-0.39, 0.29) is 6.61 Å². The third kappa shape index (κ3) is 9.51. The molecule has 0 spiro atoms. The third-order valence-corrected chi connectivity index (χ3v) is 7.92.